The first-order valence-electron chi connectivity index (χ1n) is 6.55. The highest BCUT2D eigenvalue weighted by Gasteiger charge is 2.39. The third-order valence-electron chi connectivity index (χ3n) is 2.40. The third-order valence-corrected chi connectivity index (χ3v) is 5.43. The summed E-state index contributed by atoms with van der Waals surface area (Å²) >= 11 is 0. The molecule has 0 radical (unpaired) electrons. The fourth-order valence-corrected chi connectivity index (χ4v) is 3.88. The highest BCUT2D eigenvalue weighted by Crippen LogP contribution is 2.16. The Bertz CT molecular complexity index is 205. The zero-order valence-corrected chi connectivity index (χ0v) is 12.9. The van der Waals surface area contributed by atoms with Crippen molar-refractivity contribution in [1.82, 2.24) is 0 Å². The van der Waals surface area contributed by atoms with Crippen LogP contribution in [-0.2, 0) is 13.3 Å². The van der Waals surface area contributed by atoms with Crippen LogP contribution in [0.15, 0.2) is 4.99 Å². The molecular weight excluding hydrogens is 234 g/mol. The molecule has 0 aromatic carbocycles. The van der Waals surface area contributed by atoms with E-state index in [4.69, 9.17) is 13.3 Å². The zero-order valence-electron chi connectivity index (χ0n) is 11.9. The van der Waals surface area contributed by atoms with Crippen molar-refractivity contribution in [3.8, 4) is 0 Å². The Morgan fingerprint density at radius 3 is 1.76 bits per heavy atom. The van der Waals surface area contributed by atoms with Gasteiger partial charge in [-0.25, -0.2) is 0 Å². The van der Waals surface area contributed by atoms with Crippen molar-refractivity contribution in [2.24, 2.45) is 4.99 Å². The predicted molar refractivity (Wildman–Crippen MR) is 73.7 cm³/mol. The topological polar surface area (TPSA) is 40.0 Å². The molecule has 0 aliphatic rings. The lowest BCUT2D eigenvalue weighted by Crippen LogP contribution is -2.46. The minimum Gasteiger partial charge on any atom is -0.374 e. The maximum absolute atomic E-state index is 5.75. The fraction of sp³-hybridized carbons (Fsp3) is 0.917. The van der Waals surface area contributed by atoms with Crippen LogP contribution in [0.1, 0.15) is 41.0 Å². The van der Waals surface area contributed by atoms with Gasteiger partial charge in [0.15, 0.2) is 0 Å². The summed E-state index contributed by atoms with van der Waals surface area (Å²) < 4.78 is 17.3. The lowest BCUT2D eigenvalue weighted by atomic mass is 10.3. The third kappa shape index (κ3) is 6.93. The van der Waals surface area contributed by atoms with E-state index in [1.807, 2.05) is 27.7 Å². The smallest absolute Gasteiger partial charge is 0.374 e. The fourth-order valence-electron chi connectivity index (χ4n) is 1.50. The molecular formula is C12H27NO3Si. The molecule has 0 bridgehead atoms. The standard InChI is InChI=1S/C12H27NO3Si/c1-6-12(5)13-10-11-17(14-7-2,15-8-3)16-9-4/h6-11H2,1-5H3/b13-12+. The van der Waals surface area contributed by atoms with Gasteiger partial charge in [0.05, 0.1) is 0 Å². The van der Waals surface area contributed by atoms with E-state index in [9.17, 15) is 0 Å². The molecule has 0 aliphatic carbocycles. The van der Waals surface area contributed by atoms with Crippen LogP contribution in [0, 0.1) is 0 Å². The van der Waals surface area contributed by atoms with Crippen LogP contribution in [-0.4, -0.2) is 40.9 Å². The van der Waals surface area contributed by atoms with Gasteiger partial charge in [-0.1, -0.05) is 6.92 Å². The summed E-state index contributed by atoms with van der Waals surface area (Å²) in [4.78, 5) is 4.49. The Morgan fingerprint density at radius 2 is 1.41 bits per heavy atom. The Hall–Kier alpha value is -0.233. The van der Waals surface area contributed by atoms with Gasteiger partial charge in [-0.05, 0) is 34.1 Å². The number of nitrogens with zero attached hydrogens (tertiary/aromatic N) is 1. The monoisotopic (exact) mass is 261 g/mol. The summed E-state index contributed by atoms with van der Waals surface area (Å²) in [5.41, 5.74) is 1.16. The van der Waals surface area contributed by atoms with Crippen molar-refractivity contribution < 1.29 is 13.3 Å². The first kappa shape index (κ1) is 16.8. The second-order valence-corrected chi connectivity index (χ2v) is 6.43. The molecule has 0 fully saturated rings. The minimum atomic E-state index is -2.48. The Kier molecular flexibility index (Phi) is 9.63. The van der Waals surface area contributed by atoms with Crippen LogP contribution in [0.2, 0.25) is 6.04 Å². The van der Waals surface area contributed by atoms with Crippen molar-refractivity contribution in [2.75, 3.05) is 26.4 Å². The molecule has 102 valence electrons. The summed E-state index contributed by atoms with van der Waals surface area (Å²) in [5.74, 6) is 0. The van der Waals surface area contributed by atoms with E-state index < -0.39 is 8.80 Å². The van der Waals surface area contributed by atoms with E-state index >= 15 is 0 Å². The van der Waals surface area contributed by atoms with E-state index in [0.29, 0.717) is 19.8 Å². The maximum Gasteiger partial charge on any atom is 0.502 e. The highest BCUT2D eigenvalue weighted by molar-refractivity contribution is 6.60. The molecule has 0 amide bonds. The largest absolute Gasteiger partial charge is 0.502 e. The van der Waals surface area contributed by atoms with Crippen molar-refractivity contribution in [1.29, 1.82) is 0 Å². The van der Waals surface area contributed by atoms with Gasteiger partial charge in [-0.3, -0.25) is 4.99 Å². The second-order valence-electron chi connectivity index (χ2n) is 3.70. The average Bonchev–Trinajstić information content (AvgIpc) is 2.30. The van der Waals surface area contributed by atoms with Crippen LogP contribution in [0.25, 0.3) is 0 Å². The zero-order chi connectivity index (χ0) is 13.1. The van der Waals surface area contributed by atoms with Gasteiger partial charge in [-0.2, -0.15) is 0 Å². The molecule has 0 atom stereocenters. The van der Waals surface area contributed by atoms with Gasteiger partial charge in [-0.15, -0.1) is 0 Å². The lowest BCUT2D eigenvalue weighted by molar-refractivity contribution is 0.0720. The SMILES string of the molecule is CCO[Si](CC/N=C(\C)CC)(OCC)OCC. The first-order chi connectivity index (χ1) is 8.14. The first-order valence-corrected chi connectivity index (χ1v) is 8.49. The van der Waals surface area contributed by atoms with Crippen LogP contribution in [0.3, 0.4) is 0 Å². The molecule has 17 heavy (non-hydrogen) atoms. The molecule has 0 N–H and O–H groups in total. The second kappa shape index (κ2) is 9.76. The summed E-state index contributed by atoms with van der Waals surface area (Å²) in [7, 11) is -2.48. The molecule has 0 heterocycles. The maximum atomic E-state index is 5.75. The van der Waals surface area contributed by atoms with Crippen molar-refractivity contribution in [3.05, 3.63) is 0 Å². The normalized spacial score (nSPS) is 13.1. The predicted octanol–water partition coefficient (Wildman–Crippen LogP) is 2.91. The van der Waals surface area contributed by atoms with Gasteiger partial charge in [0.25, 0.3) is 0 Å². The number of rotatable bonds is 10. The molecule has 0 aliphatic heterocycles. The van der Waals surface area contributed by atoms with Crippen LogP contribution in [0.5, 0.6) is 0 Å². The summed E-state index contributed by atoms with van der Waals surface area (Å²) in [6, 6.07) is 0.764. The van der Waals surface area contributed by atoms with E-state index in [1.54, 1.807) is 0 Å². The minimum absolute atomic E-state index is 0.628. The number of hydrogen-bond acceptors (Lipinski definition) is 4. The number of hydrogen-bond donors (Lipinski definition) is 0. The van der Waals surface area contributed by atoms with Crippen molar-refractivity contribution in [3.63, 3.8) is 0 Å². The summed E-state index contributed by atoms with van der Waals surface area (Å²) in [6.07, 6.45) is 0.993. The molecule has 0 saturated heterocycles. The quantitative estimate of drug-likeness (QED) is 0.448. The van der Waals surface area contributed by atoms with Crippen LogP contribution >= 0.6 is 0 Å². The molecule has 0 unspecified atom stereocenters. The molecule has 0 spiro atoms. The van der Waals surface area contributed by atoms with Gasteiger partial charge in [0, 0.05) is 38.1 Å². The lowest BCUT2D eigenvalue weighted by Gasteiger charge is -2.27. The van der Waals surface area contributed by atoms with Crippen molar-refractivity contribution >= 4 is 14.5 Å². The van der Waals surface area contributed by atoms with E-state index in [1.165, 1.54) is 0 Å². The highest BCUT2D eigenvalue weighted by atomic mass is 28.4. The number of aliphatic imine (C=N–C) groups is 1. The molecule has 4 nitrogen and oxygen atoms in total. The molecule has 0 rings (SSSR count). The summed E-state index contributed by atoms with van der Waals surface area (Å²) in [5, 5.41) is 0. The Balaban J connectivity index is 4.43. The van der Waals surface area contributed by atoms with Gasteiger partial charge >= 0.3 is 8.80 Å². The Morgan fingerprint density at radius 1 is 0.941 bits per heavy atom. The van der Waals surface area contributed by atoms with Crippen LogP contribution in [0.4, 0.5) is 0 Å². The van der Waals surface area contributed by atoms with E-state index in [-0.39, 0.29) is 0 Å². The van der Waals surface area contributed by atoms with Gasteiger partial charge in [0.2, 0.25) is 0 Å². The molecule has 5 heteroatoms. The summed E-state index contributed by atoms with van der Waals surface area (Å²) in [6.45, 7) is 12.7. The van der Waals surface area contributed by atoms with Crippen LogP contribution < -0.4 is 0 Å². The Labute approximate surface area is 107 Å². The molecule has 0 aromatic heterocycles. The van der Waals surface area contributed by atoms with E-state index in [0.717, 1.165) is 24.7 Å². The van der Waals surface area contributed by atoms with E-state index in [2.05, 4.69) is 11.9 Å². The van der Waals surface area contributed by atoms with Gasteiger partial charge < -0.3 is 13.3 Å². The van der Waals surface area contributed by atoms with Gasteiger partial charge in [0.1, 0.15) is 0 Å². The molecule has 0 aromatic rings. The molecule has 0 saturated carbocycles. The van der Waals surface area contributed by atoms with Crippen molar-refractivity contribution in [2.45, 2.75) is 47.1 Å². The average molecular weight is 261 g/mol.